The average molecular weight is 188 g/mol. The lowest BCUT2D eigenvalue weighted by atomic mass is 10.7. The molecule has 2 N–H and O–H groups in total. The second-order valence-electron chi connectivity index (χ2n) is 2.46. The van der Waals surface area contributed by atoms with Crippen LogP contribution in [-0.4, -0.2) is 32.7 Å². The zero-order valence-electron chi connectivity index (χ0n) is 6.87. The summed E-state index contributed by atoms with van der Waals surface area (Å²) in [5, 5.41) is 3.08. The van der Waals surface area contributed by atoms with Gasteiger partial charge in [-0.2, -0.15) is 0 Å². The highest BCUT2D eigenvalue weighted by atomic mass is 32.2. The summed E-state index contributed by atoms with van der Waals surface area (Å²) in [6.45, 7) is 0.474. The van der Waals surface area contributed by atoms with Gasteiger partial charge in [-0.1, -0.05) is 0 Å². The van der Waals surface area contributed by atoms with Gasteiger partial charge in [0, 0.05) is 12.7 Å². The molecule has 0 unspecified atom stereocenters. The lowest BCUT2D eigenvalue weighted by Crippen LogP contribution is -2.19. The van der Waals surface area contributed by atoms with Crippen molar-refractivity contribution in [3.05, 3.63) is 18.3 Å². The minimum Gasteiger partial charge on any atom is -0.352 e. The van der Waals surface area contributed by atoms with Gasteiger partial charge < -0.3 is 10.3 Å². The van der Waals surface area contributed by atoms with Gasteiger partial charge in [0.15, 0.2) is 9.84 Å². The van der Waals surface area contributed by atoms with Gasteiger partial charge in [-0.15, -0.1) is 0 Å². The van der Waals surface area contributed by atoms with Gasteiger partial charge in [-0.25, -0.2) is 8.42 Å². The lowest BCUT2D eigenvalue weighted by molar-refractivity contribution is 0.590. The molecule has 4 nitrogen and oxygen atoms in total. The van der Waals surface area contributed by atoms with Gasteiger partial charge >= 0.3 is 0 Å². The van der Waals surface area contributed by atoms with Crippen LogP contribution in [0.5, 0.6) is 0 Å². The van der Waals surface area contributed by atoms with E-state index in [1.807, 2.05) is 0 Å². The first-order valence-corrected chi connectivity index (χ1v) is 5.33. The van der Waals surface area contributed by atoms with Crippen molar-refractivity contribution in [3.8, 4) is 0 Å². The normalized spacial score (nSPS) is 11.8. The van der Waals surface area contributed by atoms with E-state index in [0.29, 0.717) is 6.54 Å². The van der Waals surface area contributed by atoms with Gasteiger partial charge in [0.2, 0.25) is 0 Å². The number of nitrogens with one attached hydrogen (secondary N) is 2. The van der Waals surface area contributed by atoms with Crippen LogP contribution in [0, 0.1) is 0 Å². The first-order valence-electron chi connectivity index (χ1n) is 3.67. The Morgan fingerprint density at radius 3 is 2.83 bits per heavy atom. The smallest absolute Gasteiger partial charge is 0.194 e. The second kappa shape index (κ2) is 3.73. The van der Waals surface area contributed by atoms with Gasteiger partial charge in [0.1, 0.15) is 5.03 Å². The van der Waals surface area contributed by atoms with Gasteiger partial charge in [-0.05, 0) is 19.2 Å². The van der Waals surface area contributed by atoms with Crippen molar-refractivity contribution < 1.29 is 8.42 Å². The molecule has 0 saturated carbocycles. The molecule has 0 aromatic carbocycles. The maximum absolute atomic E-state index is 11.4. The van der Waals surface area contributed by atoms with E-state index >= 15 is 0 Å². The third-order valence-corrected chi connectivity index (χ3v) is 3.19. The van der Waals surface area contributed by atoms with Crippen molar-refractivity contribution in [2.75, 3.05) is 19.3 Å². The summed E-state index contributed by atoms with van der Waals surface area (Å²) in [6.07, 6.45) is 1.60. The molecule has 0 atom stereocenters. The van der Waals surface area contributed by atoms with E-state index < -0.39 is 9.84 Å². The minimum atomic E-state index is -3.10. The molecule has 0 spiro atoms. The van der Waals surface area contributed by atoms with Gasteiger partial charge in [0.05, 0.1) is 5.75 Å². The molecule has 0 fully saturated rings. The SMILES string of the molecule is CNCCS(=O)(=O)c1ccc[nH]1. The van der Waals surface area contributed by atoms with E-state index in [4.69, 9.17) is 0 Å². The largest absolute Gasteiger partial charge is 0.352 e. The summed E-state index contributed by atoms with van der Waals surface area (Å²) in [6, 6.07) is 3.23. The molecule has 0 aliphatic rings. The highest BCUT2D eigenvalue weighted by Crippen LogP contribution is 2.05. The third kappa shape index (κ3) is 2.09. The van der Waals surface area contributed by atoms with E-state index in [0.717, 1.165) is 0 Å². The average Bonchev–Trinajstić information content (AvgIpc) is 2.53. The first kappa shape index (κ1) is 9.28. The Hall–Kier alpha value is -0.810. The fraction of sp³-hybridized carbons (Fsp3) is 0.429. The molecule has 0 bridgehead atoms. The Morgan fingerprint density at radius 1 is 1.58 bits per heavy atom. The van der Waals surface area contributed by atoms with Crippen LogP contribution in [0.1, 0.15) is 0 Å². The first-order chi connectivity index (χ1) is 5.67. The van der Waals surface area contributed by atoms with Crippen molar-refractivity contribution >= 4 is 9.84 Å². The second-order valence-corrected chi connectivity index (χ2v) is 4.53. The lowest BCUT2D eigenvalue weighted by Gasteiger charge is -1.99. The molecule has 1 heterocycles. The highest BCUT2D eigenvalue weighted by molar-refractivity contribution is 7.91. The van der Waals surface area contributed by atoms with E-state index in [9.17, 15) is 8.42 Å². The number of hydrogen-bond acceptors (Lipinski definition) is 3. The van der Waals surface area contributed by atoms with Crippen LogP contribution in [0.25, 0.3) is 0 Å². The molecule has 12 heavy (non-hydrogen) atoms. The van der Waals surface area contributed by atoms with Gasteiger partial charge in [0.25, 0.3) is 0 Å². The zero-order valence-corrected chi connectivity index (χ0v) is 7.69. The molecule has 0 radical (unpaired) electrons. The predicted molar refractivity (Wildman–Crippen MR) is 46.8 cm³/mol. The number of aromatic nitrogens is 1. The maximum atomic E-state index is 11.4. The summed E-state index contributed by atoms with van der Waals surface area (Å²) in [4.78, 5) is 2.67. The Bertz CT molecular complexity index is 315. The van der Waals surface area contributed by atoms with Crippen LogP contribution in [0.15, 0.2) is 23.4 Å². The van der Waals surface area contributed by atoms with Crippen LogP contribution >= 0.6 is 0 Å². The van der Waals surface area contributed by atoms with Crippen LogP contribution in [-0.2, 0) is 9.84 Å². The zero-order chi connectivity index (χ0) is 9.03. The monoisotopic (exact) mass is 188 g/mol. The van der Waals surface area contributed by atoms with E-state index in [2.05, 4.69) is 10.3 Å². The van der Waals surface area contributed by atoms with Crippen molar-refractivity contribution in [3.63, 3.8) is 0 Å². The fourth-order valence-electron chi connectivity index (χ4n) is 0.854. The van der Waals surface area contributed by atoms with E-state index in [1.54, 1.807) is 25.4 Å². The Kier molecular flexibility index (Phi) is 2.88. The number of sulfone groups is 1. The number of aromatic amines is 1. The molecule has 1 aromatic rings. The number of rotatable bonds is 4. The molecule has 0 aliphatic heterocycles. The Morgan fingerprint density at radius 2 is 2.33 bits per heavy atom. The maximum Gasteiger partial charge on any atom is 0.194 e. The van der Waals surface area contributed by atoms with Crippen molar-refractivity contribution in [2.45, 2.75) is 5.03 Å². The molecule has 1 aromatic heterocycles. The minimum absolute atomic E-state index is 0.129. The predicted octanol–water partition coefficient (Wildman–Crippen LogP) is 0.00780. The van der Waals surface area contributed by atoms with Crippen molar-refractivity contribution in [1.82, 2.24) is 10.3 Å². The molecular formula is C7H12N2O2S. The molecule has 1 rings (SSSR count). The quantitative estimate of drug-likeness (QED) is 0.699. The van der Waals surface area contributed by atoms with E-state index in [1.165, 1.54) is 0 Å². The van der Waals surface area contributed by atoms with Crippen LogP contribution in [0.3, 0.4) is 0 Å². The standard InChI is InChI=1S/C7H12N2O2S/c1-8-5-6-12(10,11)7-3-2-4-9-7/h2-4,8-9H,5-6H2,1H3. The topological polar surface area (TPSA) is 62.0 Å². The van der Waals surface area contributed by atoms with Crippen LogP contribution in [0.2, 0.25) is 0 Å². The summed E-state index contributed by atoms with van der Waals surface area (Å²) in [5.74, 6) is 0.129. The summed E-state index contributed by atoms with van der Waals surface area (Å²) in [7, 11) is -1.37. The summed E-state index contributed by atoms with van der Waals surface area (Å²) >= 11 is 0. The Labute approximate surface area is 71.9 Å². The van der Waals surface area contributed by atoms with Crippen LogP contribution in [0.4, 0.5) is 0 Å². The number of hydrogen-bond donors (Lipinski definition) is 2. The third-order valence-electron chi connectivity index (χ3n) is 1.53. The van der Waals surface area contributed by atoms with Crippen LogP contribution < -0.4 is 5.32 Å². The fourth-order valence-corrected chi connectivity index (χ4v) is 2.08. The van der Waals surface area contributed by atoms with E-state index in [-0.39, 0.29) is 10.8 Å². The van der Waals surface area contributed by atoms with Gasteiger partial charge in [-0.3, -0.25) is 0 Å². The van der Waals surface area contributed by atoms with Crippen molar-refractivity contribution in [1.29, 1.82) is 0 Å². The molecule has 68 valence electrons. The molecule has 0 aliphatic carbocycles. The molecule has 5 heteroatoms. The summed E-state index contributed by atoms with van der Waals surface area (Å²) < 4.78 is 22.8. The highest BCUT2D eigenvalue weighted by Gasteiger charge is 2.13. The molecular weight excluding hydrogens is 176 g/mol. The molecule has 0 saturated heterocycles. The van der Waals surface area contributed by atoms with Crippen molar-refractivity contribution in [2.24, 2.45) is 0 Å². The summed E-state index contributed by atoms with van der Waals surface area (Å²) in [5.41, 5.74) is 0. The Balaban J connectivity index is 2.74. The molecule has 0 amide bonds. The number of H-pyrrole nitrogens is 1.